The van der Waals surface area contributed by atoms with Crippen LogP contribution in [0, 0.1) is 6.92 Å². The summed E-state index contributed by atoms with van der Waals surface area (Å²) in [5.74, 6) is 1.49. The molecule has 0 saturated heterocycles. The van der Waals surface area contributed by atoms with Gasteiger partial charge in [-0.1, -0.05) is 34.1 Å². The van der Waals surface area contributed by atoms with E-state index in [1.165, 1.54) is 0 Å². The number of aryl methyl sites for hydroxylation is 2. The van der Waals surface area contributed by atoms with Crippen molar-refractivity contribution in [3.8, 4) is 5.75 Å². The molecule has 2 aromatic heterocycles. The Hall–Kier alpha value is -2.53. The SMILES string of the molecule is Cc1oc2c(=O)n(C)c3ccc(Br)cc3c2c1COc1ccccc1. The summed E-state index contributed by atoms with van der Waals surface area (Å²) in [5, 5.41) is 1.79. The van der Waals surface area contributed by atoms with Crippen LogP contribution in [0.1, 0.15) is 11.3 Å². The predicted molar refractivity (Wildman–Crippen MR) is 102 cm³/mol. The first kappa shape index (κ1) is 16.0. The van der Waals surface area contributed by atoms with Crippen molar-refractivity contribution in [1.82, 2.24) is 4.57 Å². The molecule has 4 aromatic rings. The van der Waals surface area contributed by atoms with E-state index in [1.807, 2.05) is 55.5 Å². The van der Waals surface area contributed by atoms with Crippen LogP contribution in [-0.2, 0) is 13.7 Å². The van der Waals surface area contributed by atoms with Crippen LogP contribution in [0.4, 0.5) is 0 Å². The molecule has 0 radical (unpaired) electrons. The van der Waals surface area contributed by atoms with Gasteiger partial charge in [-0.15, -0.1) is 0 Å². The normalized spacial score (nSPS) is 11.3. The summed E-state index contributed by atoms with van der Waals surface area (Å²) in [4.78, 5) is 12.7. The van der Waals surface area contributed by atoms with E-state index < -0.39 is 0 Å². The standard InChI is InChI=1S/C20H16BrNO3/c1-12-16(11-24-14-6-4-3-5-7-14)18-15-10-13(21)8-9-17(15)22(2)20(23)19(18)25-12/h3-10H,11H2,1-2H3. The van der Waals surface area contributed by atoms with E-state index in [0.29, 0.717) is 18.0 Å². The van der Waals surface area contributed by atoms with Gasteiger partial charge in [0.2, 0.25) is 0 Å². The number of hydrogen-bond donors (Lipinski definition) is 0. The van der Waals surface area contributed by atoms with Gasteiger partial charge >= 0.3 is 0 Å². The van der Waals surface area contributed by atoms with Crippen molar-refractivity contribution in [3.63, 3.8) is 0 Å². The first-order chi connectivity index (χ1) is 12.1. The Morgan fingerprint density at radius 3 is 2.68 bits per heavy atom. The molecule has 0 aliphatic heterocycles. The van der Waals surface area contributed by atoms with Crippen LogP contribution in [0.25, 0.3) is 21.9 Å². The van der Waals surface area contributed by atoms with E-state index in [1.54, 1.807) is 11.6 Å². The lowest BCUT2D eigenvalue weighted by atomic mass is 10.1. The van der Waals surface area contributed by atoms with Gasteiger partial charge in [-0.25, -0.2) is 0 Å². The average Bonchev–Trinajstić information content (AvgIpc) is 2.95. The lowest BCUT2D eigenvalue weighted by Crippen LogP contribution is -2.16. The molecule has 126 valence electrons. The highest BCUT2D eigenvalue weighted by molar-refractivity contribution is 9.10. The van der Waals surface area contributed by atoms with Crippen LogP contribution in [0.3, 0.4) is 0 Å². The van der Waals surface area contributed by atoms with Gasteiger partial charge in [0.25, 0.3) is 5.56 Å². The molecule has 0 amide bonds. The zero-order chi connectivity index (χ0) is 17.6. The smallest absolute Gasteiger partial charge is 0.294 e. The van der Waals surface area contributed by atoms with Gasteiger partial charge in [-0.3, -0.25) is 4.79 Å². The van der Waals surface area contributed by atoms with Gasteiger partial charge in [0.15, 0.2) is 5.58 Å². The number of halogens is 1. The van der Waals surface area contributed by atoms with Crippen LogP contribution in [0.5, 0.6) is 5.75 Å². The molecular weight excluding hydrogens is 382 g/mol. The highest BCUT2D eigenvalue weighted by atomic mass is 79.9. The number of benzene rings is 2. The predicted octanol–water partition coefficient (Wildman–Crippen LogP) is 4.93. The number of ether oxygens (including phenoxy) is 1. The fourth-order valence-corrected chi connectivity index (χ4v) is 3.48. The van der Waals surface area contributed by atoms with E-state index in [9.17, 15) is 4.79 Å². The summed E-state index contributed by atoms with van der Waals surface area (Å²) in [7, 11) is 1.76. The Labute approximate surface area is 152 Å². The van der Waals surface area contributed by atoms with Gasteiger partial charge in [0.05, 0.1) is 5.52 Å². The van der Waals surface area contributed by atoms with Crippen LogP contribution >= 0.6 is 15.9 Å². The quantitative estimate of drug-likeness (QED) is 0.491. The third-order valence-corrected chi connectivity index (χ3v) is 4.92. The molecule has 4 rings (SSSR count). The first-order valence-electron chi connectivity index (χ1n) is 7.94. The van der Waals surface area contributed by atoms with Gasteiger partial charge < -0.3 is 13.7 Å². The third kappa shape index (κ3) is 2.65. The van der Waals surface area contributed by atoms with Gasteiger partial charge in [0.1, 0.15) is 18.1 Å². The molecule has 0 aliphatic rings. The van der Waals surface area contributed by atoms with E-state index >= 15 is 0 Å². The van der Waals surface area contributed by atoms with Crippen molar-refractivity contribution in [2.75, 3.05) is 0 Å². The Morgan fingerprint density at radius 1 is 1.16 bits per heavy atom. The minimum absolute atomic E-state index is 0.140. The second kappa shape index (κ2) is 6.08. The average molecular weight is 398 g/mol. The fourth-order valence-electron chi connectivity index (χ4n) is 3.12. The number of hydrogen-bond acceptors (Lipinski definition) is 3. The molecule has 0 N–H and O–H groups in total. The topological polar surface area (TPSA) is 44.4 Å². The molecule has 2 heterocycles. The van der Waals surface area contributed by atoms with Crippen molar-refractivity contribution in [1.29, 1.82) is 0 Å². The van der Waals surface area contributed by atoms with Crippen molar-refractivity contribution in [2.24, 2.45) is 7.05 Å². The van der Waals surface area contributed by atoms with E-state index in [2.05, 4.69) is 15.9 Å². The molecule has 0 bridgehead atoms. The Kier molecular flexibility index (Phi) is 3.88. The highest BCUT2D eigenvalue weighted by Crippen LogP contribution is 2.32. The molecule has 0 atom stereocenters. The first-order valence-corrected chi connectivity index (χ1v) is 8.73. The largest absolute Gasteiger partial charge is 0.489 e. The van der Waals surface area contributed by atoms with Gasteiger partial charge in [-0.05, 0) is 37.3 Å². The number of rotatable bonds is 3. The molecule has 2 aromatic carbocycles. The fraction of sp³-hybridized carbons (Fsp3) is 0.150. The molecule has 0 spiro atoms. The molecule has 25 heavy (non-hydrogen) atoms. The summed E-state index contributed by atoms with van der Waals surface area (Å²) in [6.45, 7) is 2.21. The van der Waals surface area contributed by atoms with E-state index in [0.717, 1.165) is 32.1 Å². The van der Waals surface area contributed by atoms with E-state index in [4.69, 9.17) is 9.15 Å². The lowest BCUT2D eigenvalue weighted by Gasteiger charge is -2.09. The molecule has 0 unspecified atom stereocenters. The maximum atomic E-state index is 12.7. The summed E-state index contributed by atoms with van der Waals surface area (Å²) in [6, 6.07) is 15.5. The minimum Gasteiger partial charge on any atom is -0.489 e. The number of pyridine rings is 1. The summed E-state index contributed by atoms with van der Waals surface area (Å²) in [6.07, 6.45) is 0. The Morgan fingerprint density at radius 2 is 1.92 bits per heavy atom. The zero-order valence-corrected chi connectivity index (χ0v) is 15.5. The maximum absolute atomic E-state index is 12.7. The van der Waals surface area contributed by atoms with Crippen LogP contribution < -0.4 is 10.3 Å². The third-order valence-electron chi connectivity index (χ3n) is 4.42. The van der Waals surface area contributed by atoms with Crippen LogP contribution in [0.2, 0.25) is 0 Å². The Balaban J connectivity index is 1.95. The zero-order valence-electron chi connectivity index (χ0n) is 13.9. The monoisotopic (exact) mass is 397 g/mol. The minimum atomic E-state index is -0.140. The molecule has 4 nitrogen and oxygen atoms in total. The molecule has 0 saturated carbocycles. The van der Waals surface area contributed by atoms with Crippen LogP contribution in [0.15, 0.2) is 62.2 Å². The number of nitrogens with zero attached hydrogens (tertiary/aromatic N) is 1. The van der Waals surface area contributed by atoms with Crippen molar-refractivity contribution >= 4 is 37.8 Å². The molecule has 5 heteroatoms. The number of para-hydroxylation sites is 1. The van der Waals surface area contributed by atoms with Gasteiger partial charge in [-0.2, -0.15) is 0 Å². The van der Waals surface area contributed by atoms with Gasteiger partial charge in [0, 0.05) is 27.9 Å². The summed E-state index contributed by atoms with van der Waals surface area (Å²) < 4.78 is 14.3. The van der Waals surface area contributed by atoms with Crippen LogP contribution in [-0.4, -0.2) is 4.57 Å². The maximum Gasteiger partial charge on any atom is 0.294 e. The van der Waals surface area contributed by atoms with Crippen molar-refractivity contribution < 1.29 is 9.15 Å². The molecular formula is C20H16BrNO3. The molecule has 0 aliphatic carbocycles. The second-order valence-electron chi connectivity index (χ2n) is 5.97. The van der Waals surface area contributed by atoms with Crippen molar-refractivity contribution in [2.45, 2.75) is 13.5 Å². The second-order valence-corrected chi connectivity index (χ2v) is 6.88. The number of fused-ring (bicyclic) bond motifs is 3. The Bertz CT molecular complexity index is 1140. The van der Waals surface area contributed by atoms with Crippen molar-refractivity contribution in [3.05, 3.63) is 74.7 Å². The van der Waals surface area contributed by atoms with E-state index in [-0.39, 0.29) is 5.56 Å². The summed E-state index contributed by atoms with van der Waals surface area (Å²) in [5.41, 5.74) is 2.00. The number of furan rings is 1. The highest BCUT2D eigenvalue weighted by Gasteiger charge is 2.19. The lowest BCUT2D eigenvalue weighted by molar-refractivity contribution is 0.304. The molecule has 0 fully saturated rings. The summed E-state index contributed by atoms with van der Waals surface area (Å²) >= 11 is 3.52. The number of aromatic nitrogens is 1.